The number of carbonyl (C=O) groups is 4. The number of thioether (sulfide) groups is 2. The highest BCUT2D eigenvalue weighted by molar-refractivity contribution is 8.29. The maximum atomic E-state index is 13.5. The topological polar surface area (TPSA) is 74.8 Å². The van der Waals surface area contributed by atoms with Crippen molar-refractivity contribution in [3.05, 3.63) is 104 Å². The number of carbonyl (C=O) groups excluding carboxylic acids is 4. The van der Waals surface area contributed by atoms with Crippen LogP contribution in [0.4, 0.5) is 0 Å². The molecule has 0 N–H and O–H groups in total. The minimum Gasteiger partial charge on any atom is -0.289 e. The zero-order chi connectivity index (χ0) is 23.7. The molecular formula is C26H20N2O4S2. The van der Waals surface area contributed by atoms with Gasteiger partial charge in [-0.2, -0.15) is 0 Å². The van der Waals surface area contributed by atoms with E-state index in [-0.39, 0.29) is 17.1 Å². The van der Waals surface area contributed by atoms with E-state index in [0.717, 1.165) is 34.7 Å². The van der Waals surface area contributed by atoms with Crippen LogP contribution in [0.2, 0.25) is 0 Å². The molecule has 2 heterocycles. The number of amides is 2. The summed E-state index contributed by atoms with van der Waals surface area (Å²) >= 11 is 2.10. The first-order valence-corrected chi connectivity index (χ1v) is 12.5. The van der Waals surface area contributed by atoms with Crippen molar-refractivity contribution in [2.45, 2.75) is 12.8 Å². The van der Waals surface area contributed by atoms with Crippen LogP contribution in [0.1, 0.15) is 11.1 Å². The molecule has 0 radical (unpaired) electrons. The molecule has 0 bridgehead atoms. The Hall–Kier alpha value is -3.36. The van der Waals surface area contributed by atoms with E-state index in [1.165, 1.54) is 22.2 Å². The van der Waals surface area contributed by atoms with Crippen LogP contribution in [0.5, 0.6) is 0 Å². The number of hydrogen-bond acceptors (Lipinski definition) is 6. The maximum absolute atomic E-state index is 13.5. The molecule has 2 aliphatic heterocycles. The normalized spacial score (nSPS) is 18.0. The van der Waals surface area contributed by atoms with Crippen molar-refractivity contribution in [1.82, 2.24) is 10.0 Å². The molecule has 1 saturated heterocycles. The number of hydrazine groups is 1. The number of benzene rings is 2. The van der Waals surface area contributed by atoms with Gasteiger partial charge in [0.25, 0.3) is 11.8 Å². The first kappa shape index (κ1) is 22.4. The minimum absolute atomic E-state index is 0.0334. The number of rotatable bonds is 6. The fourth-order valence-electron chi connectivity index (χ4n) is 3.98. The summed E-state index contributed by atoms with van der Waals surface area (Å²) < 4.78 is 0.400. The van der Waals surface area contributed by atoms with Crippen molar-refractivity contribution in [3.8, 4) is 0 Å². The van der Waals surface area contributed by atoms with Gasteiger partial charge in [0.1, 0.15) is 5.57 Å². The quantitative estimate of drug-likeness (QED) is 0.351. The van der Waals surface area contributed by atoms with Gasteiger partial charge in [0.2, 0.25) is 0 Å². The van der Waals surface area contributed by atoms with Crippen LogP contribution >= 0.6 is 23.5 Å². The third-order valence-corrected chi connectivity index (χ3v) is 8.36. The number of allylic oxidation sites excluding steroid dienone is 4. The van der Waals surface area contributed by atoms with Crippen molar-refractivity contribution >= 4 is 46.9 Å². The molecule has 5 rings (SSSR count). The molecule has 2 aromatic carbocycles. The van der Waals surface area contributed by atoms with Gasteiger partial charge in [-0.05, 0) is 36.1 Å². The first-order valence-electron chi connectivity index (χ1n) is 10.9. The third kappa shape index (κ3) is 4.26. The van der Waals surface area contributed by atoms with Crippen molar-refractivity contribution in [3.63, 3.8) is 0 Å². The molecule has 1 fully saturated rings. The van der Waals surface area contributed by atoms with Crippen LogP contribution in [0.25, 0.3) is 0 Å². The van der Waals surface area contributed by atoms with E-state index in [1.54, 1.807) is 0 Å². The molecule has 2 aromatic rings. The van der Waals surface area contributed by atoms with Crippen LogP contribution in [0.15, 0.2) is 92.4 Å². The van der Waals surface area contributed by atoms with Gasteiger partial charge >= 0.3 is 0 Å². The van der Waals surface area contributed by atoms with Crippen molar-refractivity contribution in [2.75, 3.05) is 13.1 Å². The second kappa shape index (κ2) is 9.48. The smallest absolute Gasteiger partial charge is 0.279 e. The summed E-state index contributed by atoms with van der Waals surface area (Å²) in [7, 11) is 0. The molecule has 0 aromatic heterocycles. The SMILES string of the molecule is O=C1C=CC(=O)C2=C1SC(=C1C(=O)N(CCc3ccccc3)N(CCc3ccccc3)C1=O)S2. The standard InChI is InChI=1S/C26H20N2O4S2/c29-19-11-12-20(30)23-22(19)33-26(34-23)21-24(31)27(15-13-17-7-3-1-4-8-17)28(25(21)32)16-14-18-9-5-2-6-10-18/h1-12H,13-16H2. The van der Waals surface area contributed by atoms with Crippen LogP contribution in [0, 0.1) is 0 Å². The molecule has 0 atom stereocenters. The van der Waals surface area contributed by atoms with E-state index in [4.69, 9.17) is 0 Å². The highest BCUT2D eigenvalue weighted by Gasteiger charge is 2.45. The summed E-state index contributed by atoms with van der Waals surface area (Å²) in [5.41, 5.74) is 2.16. The monoisotopic (exact) mass is 488 g/mol. The van der Waals surface area contributed by atoms with Crippen LogP contribution in [-0.4, -0.2) is 46.5 Å². The van der Waals surface area contributed by atoms with Gasteiger partial charge in [0, 0.05) is 13.1 Å². The van der Waals surface area contributed by atoms with E-state index < -0.39 is 11.8 Å². The lowest BCUT2D eigenvalue weighted by atomic mass is 10.1. The van der Waals surface area contributed by atoms with E-state index in [1.807, 2.05) is 60.7 Å². The Morgan fingerprint density at radius 1 is 0.588 bits per heavy atom. The van der Waals surface area contributed by atoms with Gasteiger partial charge in [-0.25, -0.2) is 10.0 Å². The van der Waals surface area contributed by atoms with Gasteiger partial charge in [-0.3, -0.25) is 19.2 Å². The summed E-state index contributed by atoms with van der Waals surface area (Å²) in [5.74, 6) is -1.33. The molecule has 0 unspecified atom stereocenters. The molecule has 0 saturated carbocycles. The Morgan fingerprint density at radius 2 is 1.00 bits per heavy atom. The number of ketones is 2. The van der Waals surface area contributed by atoms with Gasteiger partial charge in [-0.15, -0.1) is 0 Å². The van der Waals surface area contributed by atoms with E-state index in [2.05, 4.69) is 0 Å². The van der Waals surface area contributed by atoms with E-state index in [9.17, 15) is 19.2 Å². The zero-order valence-corrected chi connectivity index (χ0v) is 19.7. The molecule has 170 valence electrons. The van der Waals surface area contributed by atoms with Gasteiger partial charge in [0.05, 0.1) is 14.0 Å². The van der Waals surface area contributed by atoms with E-state index in [0.29, 0.717) is 40.0 Å². The molecule has 0 spiro atoms. The predicted octanol–water partition coefficient (Wildman–Crippen LogP) is 3.67. The maximum Gasteiger partial charge on any atom is 0.279 e. The van der Waals surface area contributed by atoms with Crippen molar-refractivity contribution in [2.24, 2.45) is 0 Å². The van der Waals surface area contributed by atoms with Crippen LogP contribution in [-0.2, 0) is 32.0 Å². The summed E-state index contributed by atoms with van der Waals surface area (Å²) in [6, 6.07) is 19.6. The molecule has 1 aliphatic carbocycles. The molecule has 3 aliphatic rings. The first-order chi connectivity index (χ1) is 16.5. The summed E-state index contributed by atoms with van der Waals surface area (Å²) in [6.45, 7) is 0.699. The highest BCUT2D eigenvalue weighted by Crippen LogP contribution is 2.53. The molecule has 8 heteroatoms. The fraction of sp³-hybridized carbons (Fsp3) is 0.154. The minimum atomic E-state index is -0.392. The number of nitrogens with zero attached hydrogens (tertiary/aromatic N) is 2. The van der Waals surface area contributed by atoms with Crippen LogP contribution in [0.3, 0.4) is 0 Å². The Bertz CT molecular complexity index is 1190. The lowest BCUT2D eigenvalue weighted by Gasteiger charge is -2.27. The highest BCUT2D eigenvalue weighted by atomic mass is 32.2. The third-order valence-electron chi connectivity index (χ3n) is 5.73. The van der Waals surface area contributed by atoms with Crippen molar-refractivity contribution < 1.29 is 19.2 Å². The lowest BCUT2D eigenvalue weighted by molar-refractivity contribution is -0.146. The van der Waals surface area contributed by atoms with Gasteiger partial charge in [-0.1, -0.05) is 84.2 Å². The Labute approximate surface area is 205 Å². The van der Waals surface area contributed by atoms with Crippen LogP contribution < -0.4 is 0 Å². The van der Waals surface area contributed by atoms with Gasteiger partial charge in [0.15, 0.2) is 11.6 Å². The summed E-state index contributed by atoms with van der Waals surface area (Å²) in [6.07, 6.45) is 3.67. The average molecular weight is 489 g/mol. The largest absolute Gasteiger partial charge is 0.289 e. The Kier molecular flexibility index (Phi) is 6.26. The summed E-state index contributed by atoms with van der Waals surface area (Å²) in [4.78, 5) is 52.1. The number of hydrogen-bond donors (Lipinski definition) is 0. The average Bonchev–Trinajstić information content (AvgIpc) is 3.40. The second-order valence-electron chi connectivity index (χ2n) is 7.91. The molecule has 6 nitrogen and oxygen atoms in total. The zero-order valence-electron chi connectivity index (χ0n) is 18.1. The van der Waals surface area contributed by atoms with E-state index >= 15 is 0 Å². The predicted molar refractivity (Wildman–Crippen MR) is 132 cm³/mol. The molecular weight excluding hydrogens is 468 g/mol. The lowest BCUT2D eigenvalue weighted by Crippen LogP contribution is -2.43. The van der Waals surface area contributed by atoms with Crippen molar-refractivity contribution in [1.29, 1.82) is 0 Å². The summed E-state index contributed by atoms with van der Waals surface area (Å²) in [5, 5.41) is 3.00. The second-order valence-corrected chi connectivity index (χ2v) is 10.2. The fourth-order valence-corrected chi connectivity index (χ4v) is 6.54. The Balaban J connectivity index is 1.42. The Morgan fingerprint density at radius 3 is 1.41 bits per heavy atom. The molecule has 2 amide bonds. The molecule has 34 heavy (non-hydrogen) atoms. The van der Waals surface area contributed by atoms with Gasteiger partial charge < -0.3 is 0 Å².